The van der Waals surface area contributed by atoms with Crippen molar-refractivity contribution in [3.05, 3.63) is 47.1 Å². The predicted octanol–water partition coefficient (Wildman–Crippen LogP) is 2.61. The number of nitrogens with zero attached hydrogens (tertiary/aromatic N) is 2. The molecule has 1 heterocycles. The Morgan fingerprint density at radius 3 is 2.85 bits per heavy atom. The summed E-state index contributed by atoms with van der Waals surface area (Å²) in [6, 6.07) is 3.59. The summed E-state index contributed by atoms with van der Waals surface area (Å²) in [5.74, 6) is -0.293. The van der Waals surface area contributed by atoms with Crippen LogP contribution in [0.4, 0.5) is 8.78 Å². The molecular formula is C14H17F2N3O. The molecule has 0 aliphatic carbocycles. The van der Waals surface area contributed by atoms with Crippen LogP contribution < -0.4 is 5.73 Å². The maximum Gasteiger partial charge on any atom is 0.226 e. The third kappa shape index (κ3) is 4.09. The second-order valence-corrected chi connectivity index (χ2v) is 4.89. The third-order valence-corrected chi connectivity index (χ3v) is 2.92. The standard InChI is InChI=1S/C14H17F2N3O/c1-9(17)3-2-4-14-18-13(19-20-14)7-10-5-6-11(15)8-12(10)16/h5-6,8-9H,2-4,7,17H2,1H3. The average Bonchev–Trinajstić information content (AvgIpc) is 2.80. The minimum absolute atomic E-state index is 0.144. The summed E-state index contributed by atoms with van der Waals surface area (Å²) >= 11 is 0. The normalized spacial score (nSPS) is 12.6. The van der Waals surface area contributed by atoms with Crippen LogP contribution in [0, 0.1) is 11.6 Å². The van der Waals surface area contributed by atoms with E-state index in [0.29, 0.717) is 23.7 Å². The molecule has 0 spiro atoms. The third-order valence-electron chi connectivity index (χ3n) is 2.92. The van der Waals surface area contributed by atoms with Gasteiger partial charge in [0.15, 0.2) is 5.82 Å². The summed E-state index contributed by atoms with van der Waals surface area (Å²) in [7, 11) is 0. The fourth-order valence-electron chi connectivity index (χ4n) is 1.87. The molecule has 0 aliphatic heterocycles. The maximum atomic E-state index is 13.5. The van der Waals surface area contributed by atoms with Gasteiger partial charge in [-0.2, -0.15) is 4.98 Å². The van der Waals surface area contributed by atoms with Gasteiger partial charge >= 0.3 is 0 Å². The minimum Gasteiger partial charge on any atom is -0.339 e. The largest absolute Gasteiger partial charge is 0.339 e. The predicted molar refractivity (Wildman–Crippen MR) is 70.0 cm³/mol. The molecule has 6 heteroatoms. The van der Waals surface area contributed by atoms with Gasteiger partial charge in [0.2, 0.25) is 5.89 Å². The summed E-state index contributed by atoms with van der Waals surface area (Å²) < 4.78 is 31.4. The van der Waals surface area contributed by atoms with Crippen LogP contribution in [-0.4, -0.2) is 16.2 Å². The summed E-state index contributed by atoms with van der Waals surface area (Å²) in [5.41, 5.74) is 6.00. The molecule has 0 radical (unpaired) electrons. The van der Waals surface area contributed by atoms with Crippen molar-refractivity contribution in [2.75, 3.05) is 0 Å². The molecule has 0 fully saturated rings. The van der Waals surface area contributed by atoms with Crippen LogP contribution in [-0.2, 0) is 12.8 Å². The van der Waals surface area contributed by atoms with Gasteiger partial charge in [-0.3, -0.25) is 0 Å². The number of hydrogen-bond acceptors (Lipinski definition) is 4. The molecule has 1 unspecified atom stereocenters. The number of aromatic nitrogens is 2. The first-order chi connectivity index (χ1) is 9.54. The Bertz CT molecular complexity index is 569. The molecule has 1 aromatic carbocycles. The molecule has 0 saturated heterocycles. The number of aryl methyl sites for hydroxylation is 1. The lowest BCUT2D eigenvalue weighted by Crippen LogP contribution is -2.14. The van der Waals surface area contributed by atoms with Gasteiger partial charge in [0, 0.05) is 24.9 Å². The fraction of sp³-hybridized carbons (Fsp3) is 0.429. The number of nitrogens with two attached hydrogens (primary N) is 1. The van der Waals surface area contributed by atoms with Crippen molar-refractivity contribution in [3.63, 3.8) is 0 Å². The SMILES string of the molecule is CC(N)CCCc1nc(Cc2ccc(F)cc2F)no1. The van der Waals surface area contributed by atoms with Crippen molar-refractivity contribution < 1.29 is 13.3 Å². The highest BCUT2D eigenvalue weighted by Crippen LogP contribution is 2.13. The molecule has 0 aliphatic rings. The van der Waals surface area contributed by atoms with Crippen LogP contribution in [0.5, 0.6) is 0 Å². The maximum absolute atomic E-state index is 13.5. The lowest BCUT2D eigenvalue weighted by atomic mass is 10.1. The highest BCUT2D eigenvalue weighted by molar-refractivity contribution is 5.21. The lowest BCUT2D eigenvalue weighted by molar-refractivity contribution is 0.368. The average molecular weight is 281 g/mol. The van der Waals surface area contributed by atoms with Gasteiger partial charge in [0.25, 0.3) is 0 Å². The van der Waals surface area contributed by atoms with Crippen LogP contribution in [0.3, 0.4) is 0 Å². The Hall–Kier alpha value is -1.82. The highest BCUT2D eigenvalue weighted by atomic mass is 19.1. The van der Waals surface area contributed by atoms with Gasteiger partial charge < -0.3 is 10.3 Å². The van der Waals surface area contributed by atoms with E-state index in [9.17, 15) is 8.78 Å². The Labute approximate surface area is 116 Å². The first-order valence-corrected chi connectivity index (χ1v) is 6.55. The van der Waals surface area contributed by atoms with Gasteiger partial charge in [-0.15, -0.1) is 0 Å². The van der Waals surface area contributed by atoms with E-state index in [1.807, 2.05) is 6.92 Å². The zero-order valence-corrected chi connectivity index (χ0v) is 11.3. The van der Waals surface area contributed by atoms with Crippen LogP contribution in [0.15, 0.2) is 22.7 Å². The molecule has 2 aromatic rings. The van der Waals surface area contributed by atoms with Crippen LogP contribution in [0.2, 0.25) is 0 Å². The quantitative estimate of drug-likeness (QED) is 0.884. The van der Waals surface area contributed by atoms with E-state index in [4.69, 9.17) is 10.3 Å². The fourth-order valence-corrected chi connectivity index (χ4v) is 1.87. The Balaban J connectivity index is 1.95. The lowest BCUT2D eigenvalue weighted by Gasteiger charge is -2.01. The van der Waals surface area contributed by atoms with Crippen molar-refractivity contribution in [1.82, 2.24) is 10.1 Å². The number of rotatable bonds is 6. The van der Waals surface area contributed by atoms with E-state index in [1.54, 1.807) is 0 Å². The van der Waals surface area contributed by atoms with E-state index >= 15 is 0 Å². The van der Waals surface area contributed by atoms with E-state index in [2.05, 4.69) is 10.1 Å². The molecule has 2 N–H and O–H groups in total. The van der Waals surface area contributed by atoms with Crippen molar-refractivity contribution in [3.8, 4) is 0 Å². The van der Waals surface area contributed by atoms with E-state index in [-0.39, 0.29) is 12.5 Å². The molecular weight excluding hydrogens is 264 g/mol. The van der Waals surface area contributed by atoms with Crippen molar-refractivity contribution in [1.29, 1.82) is 0 Å². The summed E-state index contributed by atoms with van der Waals surface area (Å²) in [6.07, 6.45) is 2.58. The molecule has 2 rings (SSSR count). The van der Waals surface area contributed by atoms with E-state index in [0.717, 1.165) is 18.9 Å². The Kier molecular flexibility index (Phi) is 4.79. The first kappa shape index (κ1) is 14.6. The zero-order valence-electron chi connectivity index (χ0n) is 11.3. The number of halogens is 2. The van der Waals surface area contributed by atoms with Gasteiger partial charge in [0.1, 0.15) is 11.6 Å². The molecule has 108 valence electrons. The second kappa shape index (κ2) is 6.56. The molecule has 0 bridgehead atoms. The highest BCUT2D eigenvalue weighted by Gasteiger charge is 2.10. The van der Waals surface area contributed by atoms with E-state index < -0.39 is 11.6 Å². The zero-order chi connectivity index (χ0) is 14.5. The van der Waals surface area contributed by atoms with Gasteiger partial charge in [-0.1, -0.05) is 11.2 Å². The van der Waals surface area contributed by atoms with Gasteiger partial charge in [-0.05, 0) is 31.4 Å². The molecule has 1 atom stereocenters. The molecule has 0 saturated carbocycles. The number of hydrogen-bond donors (Lipinski definition) is 1. The monoisotopic (exact) mass is 281 g/mol. The topological polar surface area (TPSA) is 64.9 Å². The summed E-state index contributed by atoms with van der Waals surface area (Å²) in [4.78, 5) is 4.19. The van der Waals surface area contributed by atoms with Crippen molar-refractivity contribution in [2.24, 2.45) is 5.73 Å². The number of benzene rings is 1. The first-order valence-electron chi connectivity index (χ1n) is 6.55. The molecule has 1 aromatic heterocycles. The van der Waals surface area contributed by atoms with Crippen molar-refractivity contribution in [2.45, 2.75) is 38.6 Å². The van der Waals surface area contributed by atoms with Gasteiger partial charge in [0.05, 0.1) is 0 Å². The van der Waals surface area contributed by atoms with E-state index in [1.165, 1.54) is 12.1 Å². The summed E-state index contributed by atoms with van der Waals surface area (Å²) in [5, 5.41) is 3.79. The van der Waals surface area contributed by atoms with Crippen LogP contribution in [0.25, 0.3) is 0 Å². The molecule has 4 nitrogen and oxygen atoms in total. The minimum atomic E-state index is -0.603. The van der Waals surface area contributed by atoms with Crippen molar-refractivity contribution >= 4 is 0 Å². The Morgan fingerprint density at radius 2 is 2.15 bits per heavy atom. The van der Waals surface area contributed by atoms with Crippen LogP contribution in [0.1, 0.15) is 37.0 Å². The molecule has 20 heavy (non-hydrogen) atoms. The smallest absolute Gasteiger partial charge is 0.226 e. The van der Waals surface area contributed by atoms with Gasteiger partial charge in [-0.25, -0.2) is 8.78 Å². The Morgan fingerprint density at radius 1 is 1.35 bits per heavy atom. The molecule has 0 amide bonds. The summed E-state index contributed by atoms with van der Waals surface area (Å²) in [6.45, 7) is 1.94. The van der Waals surface area contributed by atoms with Crippen LogP contribution >= 0.6 is 0 Å². The second-order valence-electron chi connectivity index (χ2n) is 4.89.